The van der Waals surface area contributed by atoms with Crippen LogP contribution in [0, 0.1) is 10.8 Å². The minimum atomic E-state index is -2.21. The fourth-order valence-corrected chi connectivity index (χ4v) is 20.2. The molecule has 1 heteroatoms. The van der Waals surface area contributed by atoms with Crippen molar-refractivity contribution in [1.82, 2.24) is 0 Å². The SMILES string of the molecule is CC(C)(C)CC1C2c3ccccc3C(c3ccccc32)[Si]12C1c3ccccc3C(c3ccccc31)C2CC(C)(C)C. The Morgan fingerprint density at radius 2 is 0.659 bits per heavy atom. The van der Waals surface area contributed by atoms with Gasteiger partial charge in [-0.15, -0.1) is 0 Å². The first-order valence-corrected chi connectivity index (χ1v) is 18.3. The third kappa shape index (κ3) is 3.45. The predicted octanol–water partition coefficient (Wildman–Crippen LogP) is 10.7. The van der Waals surface area contributed by atoms with Gasteiger partial charge in [-0.3, -0.25) is 0 Å². The molecule has 4 heterocycles. The summed E-state index contributed by atoms with van der Waals surface area (Å²) in [6, 6.07) is 38.8. The van der Waals surface area contributed by atoms with Gasteiger partial charge in [0.1, 0.15) is 0 Å². The maximum Gasteiger partial charge on any atom is 0.0869 e. The Morgan fingerprint density at radius 3 is 0.902 bits per heavy atom. The second-order valence-corrected chi connectivity index (χ2v) is 20.7. The highest BCUT2D eigenvalue weighted by molar-refractivity contribution is 6.88. The molecule has 0 aromatic heterocycles. The van der Waals surface area contributed by atoms with Gasteiger partial charge in [-0.1, -0.05) is 139 Å². The molecule has 10 rings (SSSR count). The van der Waals surface area contributed by atoms with Crippen molar-refractivity contribution in [2.75, 3.05) is 0 Å². The average molecular weight is 553 g/mol. The van der Waals surface area contributed by atoms with E-state index in [2.05, 4.69) is 139 Å². The lowest BCUT2D eigenvalue weighted by Crippen LogP contribution is -2.67. The van der Waals surface area contributed by atoms with Crippen molar-refractivity contribution in [3.63, 3.8) is 0 Å². The van der Waals surface area contributed by atoms with Crippen LogP contribution < -0.4 is 0 Å². The second kappa shape index (κ2) is 8.57. The van der Waals surface area contributed by atoms with Crippen LogP contribution in [-0.2, 0) is 0 Å². The molecule has 2 aliphatic carbocycles. The summed E-state index contributed by atoms with van der Waals surface area (Å²) < 4.78 is 0. The van der Waals surface area contributed by atoms with Crippen molar-refractivity contribution in [2.45, 2.75) is 88.4 Å². The minimum absolute atomic E-state index is 0.272. The van der Waals surface area contributed by atoms with Gasteiger partial charge in [0.05, 0.1) is 8.07 Å². The molecule has 208 valence electrons. The Hall–Kier alpha value is -2.90. The Morgan fingerprint density at radius 1 is 0.415 bits per heavy atom. The van der Waals surface area contributed by atoms with Crippen molar-refractivity contribution in [1.29, 1.82) is 0 Å². The van der Waals surface area contributed by atoms with Crippen molar-refractivity contribution >= 4 is 8.07 Å². The molecule has 0 saturated carbocycles. The lowest BCUT2D eigenvalue weighted by molar-refractivity contribution is 0.311. The number of hydrogen-bond donors (Lipinski definition) is 0. The zero-order chi connectivity index (χ0) is 28.3. The fraction of sp³-hybridized carbons (Fsp3) is 0.400. The summed E-state index contributed by atoms with van der Waals surface area (Å²) in [6.07, 6.45) is 2.61. The van der Waals surface area contributed by atoms with E-state index in [9.17, 15) is 0 Å². The summed E-state index contributed by atoms with van der Waals surface area (Å²) in [4.78, 5) is 0. The van der Waals surface area contributed by atoms with E-state index in [1.165, 1.54) is 12.8 Å². The first-order chi connectivity index (χ1) is 19.6. The molecule has 0 radical (unpaired) electrons. The van der Waals surface area contributed by atoms with Crippen LogP contribution in [0.2, 0.25) is 11.1 Å². The highest BCUT2D eigenvalue weighted by atomic mass is 28.3. The first-order valence-electron chi connectivity index (χ1n) is 16.0. The van der Waals surface area contributed by atoms with Crippen LogP contribution in [0.25, 0.3) is 0 Å². The lowest BCUT2D eigenvalue weighted by Gasteiger charge is -2.69. The topological polar surface area (TPSA) is 0 Å². The summed E-state index contributed by atoms with van der Waals surface area (Å²) in [6.45, 7) is 15.1. The third-order valence-corrected chi connectivity index (χ3v) is 18.2. The monoisotopic (exact) mass is 552 g/mol. The van der Waals surface area contributed by atoms with Crippen molar-refractivity contribution < 1.29 is 0 Å². The Kier molecular flexibility index (Phi) is 5.39. The molecule has 1 spiro atoms. The molecule has 0 fully saturated rings. The van der Waals surface area contributed by atoms with Gasteiger partial charge in [-0.25, -0.2) is 0 Å². The van der Waals surface area contributed by atoms with E-state index in [1.807, 2.05) is 0 Å². The summed E-state index contributed by atoms with van der Waals surface area (Å²) in [5.74, 6) is 0.999. The van der Waals surface area contributed by atoms with Crippen LogP contribution in [0.4, 0.5) is 0 Å². The third-order valence-electron chi connectivity index (χ3n) is 11.3. The van der Waals surface area contributed by atoms with Crippen molar-refractivity contribution in [3.05, 3.63) is 142 Å². The zero-order valence-electron chi connectivity index (χ0n) is 25.6. The largest absolute Gasteiger partial charge is 0.0869 e. The number of hydrogen-bond acceptors (Lipinski definition) is 0. The van der Waals surface area contributed by atoms with Crippen LogP contribution in [-0.4, -0.2) is 8.07 Å². The predicted molar refractivity (Wildman–Crippen MR) is 175 cm³/mol. The van der Waals surface area contributed by atoms with Crippen LogP contribution in [0.5, 0.6) is 0 Å². The van der Waals surface area contributed by atoms with Gasteiger partial charge in [0.25, 0.3) is 0 Å². The molecule has 0 N–H and O–H groups in total. The van der Waals surface area contributed by atoms with Gasteiger partial charge >= 0.3 is 0 Å². The number of rotatable bonds is 2. The summed E-state index contributed by atoms with van der Waals surface area (Å²) in [5.41, 5.74) is 16.3. The van der Waals surface area contributed by atoms with E-state index < -0.39 is 8.07 Å². The molecule has 4 bridgehead atoms. The lowest BCUT2D eigenvalue weighted by atomic mass is 9.70. The maximum absolute atomic E-state index is 2.54. The van der Waals surface area contributed by atoms with E-state index in [0.717, 1.165) is 0 Å². The highest BCUT2D eigenvalue weighted by Gasteiger charge is 2.71. The Balaban J connectivity index is 1.54. The molecule has 6 aliphatic rings. The van der Waals surface area contributed by atoms with Gasteiger partial charge in [-0.05, 0) is 79.3 Å². The standard InChI is InChI=1S/C40H44Si/c1-39(2,3)23-33-35-25-15-7-11-19-29(25)37(30-20-12-8-16-26(30)35)41(33)34(24-40(4,5)6)36-27-17-9-13-21-31(27)38(41)32-22-14-10-18-28(32)36/h7-22,33-38H,23-24H2,1-6H3. The van der Waals surface area contributed by atoms with Crippen molar-refractivity contribution in [2.24, 2.45) is 10.8 Å². The minimum Gasteiger partial charge on any atom is -0.0620 e. The van der Waals surface area contributed by atoms with E-state index >= 15 is 0 Å². The maximum atomic E-state index is 2.54. The average Bonchev–Trinajstić information content (AvgIpc) is 2.94. The van der Waals surface area contributed by atoms with Gasteiger partial charge < -0.3 is 0 Å². The van der Waals surface area contributed by atoms with E-state index in [0.29, 0.717) is 34.0 Å². The van der Waals surface area contributed by atoms with Gasteiger partial charge in [-0.2, -0.15) is 0 Å². The molecular weight excluding hydrogens is 509 g/mol. The Labute approximate surface area is 248 Å². The van der Waals surface area contributed by atoms with Crippen LogP contribution in [0.15, 0.2) is 97.1 Å². The summed E-state index contributed by atoms with van der Waals surface area (Å²) in [7, 11) is -2.21. The molecule has 4 aliphatic heterocycles. The van der Waals surface area contributed by atoms with E-state index in [-0.39, 0.29) is 10.8 Å². The molecule has 4 aromatic rings. The fourth-order valence-electron chi connectivity index (χ4n) is 10.6. The molecule has 2 atom stereocenters. The van der Waals surface area contributed by atoms with E-state index in [4.69, 9.17) is 0 Å². The number of benzene rings is 4. The highest BCUT2D eigenvalue weighted by Crippen LogP contribution is 2.77. The molecule has 0 saturated heterocycles. The van der Waals surface area contributed by atoms with E-state index in [1.54, 1.807) is 44.5 Å². The van der Waals surface area contributed by atoms with Crippen LogP contribution in [0.3, 0.4) is 0 Å². The normalized spacial score (nSPS) is 30.5. The van der Waals surface area contributed by atoms with Crippen LogP contribution in [0.1, 0.15) is 122 Å². The molecule has 2 unspecified atom stereocenters. The molecule has 4 aromatic carbocycles. The summed E-state index contributed by atoms with van der Waals surface area (Å²) >= 11 is 0. The summed E-state index contributed by atoms with van der Waals surface area (Å²) in [5, 5.41) is 0. The van der Waals surface area contributed by atoms with Crippen LogP contribution >= 0.6 is 0 Å². The second-order valence-electron chi connectivity index (χ2n) is 16.1. The zero-order valence-corrected chi connectivity index (χ0v) is 26.6. The molecule has 0 amide bonds. The smallest absolute Gasteiger partial charge is 0.0620 e. The van der Waals surface area contributed by atoms with Gasteiger partial charge in [0, 0.05) is 22.9 Å². The first kappa shape index (κ1) is 25.8. The molecular formula is C40H44Si. The Bertz CT molecular complexity index is 1440. The quantitative estimate of drug-likeness (QED) is 0.217. The van der Waals surface area contributed by atoms with Gasteiger partial charge in [0.2, 0.25) is 0 Å². The molecule has 41 heavy (non-hydrogen) atoms. The van der Waals surface area contributed by atoms with Crippen molar-refractivity contribution in [3.8, 4) is 0 Å². The van der Waals surface area contributed by atoms with Gasteiger partial charge in [0.15, 0.2) is 0 Å². The molecule has 0 nitrogen and oxygen atoms in total.